The molecule has 1 fully saturated rings. The number of hydrogen-bond acceptors (Lipinski definition) is 2. The second kappa shape index (κ2) is 11.8. The van der Waals surface area contributed by atoms with Crippen LogP contribution in [-0.2, 0) is 6.42 Å². The van der Waals surface area contributed by atoms with Gasteiger partial charge in [0.1, 0.15) is 5.75 Å². The summed E-state index contributed by atoms with van der Waals surface area (Å²) in [5.41, 5.74) is 6.93. The van der Waals surface area contributed by atoms with Crippen LogP contribution in [0.4, 0.5) is 0 Å². The van der Waals surface area contributed by atoms with Crippen LogP contribution in [0.15, 0.2) is 73.8 Å². The van der Waals surface area contributed by atoms with E-state index in [1.807, 2.05) is 0 Å². The Morgan fingerprint density at radius 3 is 2.56 bits per heavy atom. The second-order valence-electron chi connectivity index (χ2n) is 9.14. The lowest BCUT2D eigenvalue weighted by Gasteiger charge is -2.31. The molecule has 32 heavy (non-hydrogen) atoms. The second-order valence-corrected chi connectivity index (χ2v) is 9.14. The predicted molar refractivity (Wildman–Crippen MR) is 139 cm³/mol. The highest BCUT2D eigenvalue weighted by Crippen LogP contribution is 2.33. The zero-order chi connectivity index (χ0) is 22.9. The van der Waals surface area contributed by atoms with Crippen molar-refractivity contribution in [2.24, 2.45) is 5.92 Å². The molecule has 0 heterocycles. The summed E-state index contributed by atoms with van der Waals surface area (Å²) >= 11 is 0. The van der Waals surface area contributed by atoms with Gasteiger partial charge in [0, 0.05) is 17.3 Å². The molecule has 2 nitrogen and oxygen atoms in total. The van der Waals surface area contributed by atoms with E-state index in [2.05, 4.69) is 87.4 Å². The maximum absolute atomic E-state index is 6.25. The summed E-state index contributed by atoms with van der Waals surface area (Å²) < 4.78 is 6.25. The Kier molecular flexibility index (Phi) is 8.79. The molecule has 1 aliphatic carbocycles. The minimum Gasteiger partial charge on any atom is -0.493 e. The molecule has 3 rings (SSSR count). The largest absolute Gasteiger partial charge is 0.493 e. The third-order valence-corrected chi connectivity index (χ3v) is 6.60. The van der Waals surface area contributed by atoms with E-state index >= 15 is 0 Å². The van der Waals surface area contributed by atoms with E-state index < -0.39 is 0 Å². The van der Waals surface area contributed by atoms with Crippen LogP contribution in [-0.4, -0.2) is 12.6 Å². The maximum atomic E-state index is 6.25. The third kappa shape index (κ3) is 6.63. The molecule has 2 unspecified atom stereocenters. The minimum absolute atomic E-state index is 0.432. The number of nitrogens with one attached hydrogen (secondary N) is 1. The van der Waals surface area contributed by atoms with Gasteiger partial charge in [0.25, 0.3) is 0 Å². The minimum atomic E-state index is 0.432. The number of benzene rings is 2. The first-order valence-corrected chi connectivity index (χ1v) is 12.1. The van der Waals surface area contributed by atoms with Crippen molar-refractivity contribution < 1.29 is 4.74 Å². The zero-order valence-corrected chi connectivity index (χ0v) is 20.0. The Hall–Kier alpha value is -2.74. The van der Waals surface area contributed by atoms with Gasteiger partial charge in [-0.25, -0.2) is 0 Å². The molecule has 2 heteroatoms. The Labute approximate surface area is 195 Å². The van der Waals surface area contributed by atoms with Crippen LogP contribution in [0.25, 0.3) is 11.3 Å². The van der Waals surface area contributed by atoms with Crippen molar-refractivity contribution in [3.8, 4) is 5.75 Å². The van der Waals surface area contributed by atoms with E-state index in [-0.39, 0.29) is 0 Å². The van der Waals surface area contributed by atoms with E-state index in [9.17, 15) is 0 Å². The smallest absolute Gasteiger partial charge is 0.128 e. The van der Waals surface area contributed by atoms with E-state index in [1.165, 1.54) is 30.4 Å². The summed E-state index contributed by atoms with van der Waals surface area (Å²) in [5.74, 6) is 1.50. The van der Waals surface area contributed by atoms with Gasteiger partial charge in [-0.1, -0.05) is 75.1 Å². The summed E-state index contributed by atoms with van der Waals surface area (Å²) in [6, 6.07) is 17.4. The molecule has 0 saturated heterocycles. The fraction of sp³-hybridized carbons (Fsp3) is 0.400. The third-order valence-electron chi connectivity index (χ3n) is 6.60. The van der Waals surface area contributed by atoms with Gasteiger partial charge in [-0.15, -0.1) is 0 Å². The fourth-order valence-electron chi connectivity index (χ4n) is 4.51. The first kappa shape index (κ1) is 23.9. The molecule has 2 aromatic rings. The number of ether oxygens (including phenoxy) is 1. The van der Waals surface area contributed by atoms with Crippen molar-refractivity contribution >= 4 is 11.3 Å². The summed E-state index contributed by atoms with van der Waals surface area (Å²) in [5, 5.41) is 3.72. The highest BCUT2D eigenvalue weighted by atomic mass is 16.5. The van der Waals surface area contributed by atoms with E-state index in [0.29, 0.717) is 18.6 Å². The monoisotopic (exact) mass is 429 g/mol. The molecule has 170 valence electrons. The van der Waals surface area contributed by atoms with Crippen LogP contribution in [0.1, 0.15) is 69.1 Å². The molecule has 0 amide bonds. The van der Waals surface area contributed by atoms with Crippen LogP contribution < -0.4 is 10.1 Å². The summed E-state index contributed by atoms with van der Waals surface area (Å²) in [7, 11) is 0. The van der Waals surface area contributed by atoms with E-state index in [1.54, 1.807) is 0 Å². The van der Waals surface area contributed by atoms with E-state index in [4.69, 9.17) is 4.74 Å². The van der Waals surface area contributed by atoms with Crippen molar-refractivity contribution in [2.75, 3.05) is 6.61 Å². The molecule has 2 atom stereocenters. The van der Waals surface area contributed by atoms with Crippen LogP contribution in [0.2, 0.25) is 0 Å². The van der Waals surface area contributed by atoms with Gasteiger partial charge >= 0.3 is 0 Å². The molecule has 0 bridgehead atoms. The SMILES string of the molecule is C=C(CC)c1ccc(OCCCc2ccccc2)c(C(=C)NC2CCCC(C(=C)C)C2)c1. The molecule has 0 radical (unpaired) electrons. The standard InChI is InChI=1S/C30H39NO/c1-6-23(4)27-17-18-30(32-19-11-14-25-12-8-7-9-13-25)29(21-27)24(5)31-28-16-10-15-26(20-28)22(2)3/h7-9,12-13,17-18,21,26,28,31H,2,4-6,10-11,14-16,19-20H2,1,3H3. The normalized spacial score (nSPS) is 18.1. The van der Waals surface area contributed by atoms with Crippen molar-refractivity contribution in [1.29, 1.82) is 0 Å². The molecule has 1 saturated carbocycles. The molecular formula is C30H39NO. The van der Waals surface area contributed by atoms with Crippen molar-refractivity contribution in [3.63, 3.8) is 0 Å². The lowest BCUT2D eigenvalue weighted by Crippen LogP contribution is -2.33. The van der Waals surface area contributed by atoms with Gasteiger partial charge in [-0.2, -0.15) is 0 Å². The Bertz CT molecular complexity index is 927. The van der Waals surface area contributed by atoms with Crippen LogP contribution in [0.3, 0.4) is 0 Å². The lowest BCUT2D eigenvalue weighted by atomic mass is 9.82. The molecule has 0 aliphatic heterocycles. The fourth-order valence-corrected chi connectivity index (χ4v) is 4.51. The molecule has 2 aromatic carbocycles. The Morgan fingerprint density at radius 1 is 1.06 bits per heavy atom. The molecule has 1 N–H and O–H groups in total. The van der Waals surface area contributed by atoms with Crippen molar-refractivity contribution in [2.45, 2.75) is 64.8 Å². The van der Waals surface area contributed by atoms with Crippen LogP contribution in [0.5, 0.6) is 5.75 Å². The topological polar surface area (TPSA) is 21.3 Å². The highest BCUT2D eigenvalue weighted by molar-refractivity contribution is 5.73. The number of hydrogen-bond donors (Lipinski definition) is 1. The average molecular weight is 430 g/mol. The zero-order valence-electron chi connectivity index (χ0n) is 20.0. The van der Waals surface area contributed by atoms with Gasteiger partial charge in [0.2, 0.25) is 0 Å². The van der Waals surface area contributed by atoms with Crippen LogP contribution >= 0.6 is 0 Å². The highest BCUT2D eigenvalue weighted by Gasteiger charge is 2.23. The van der Waals surface area contributed by atoms with Crippen LogP contribution in [0, 0.1) is 5.92 Å². The summed E-state index contributed by atoms with van der Waals surface area (Å²) in [4.78, 5) is 0. The lowest BCUT2D eigenvalue weighted by molar-refractivity contribution is 0.309. The van der Waals surface area contributed by atoms with Gasteiger partial charge < -0.3 is 10.1 Å². The summed E-state index contributed by atoms with van der Waals surface area (Å²) in [6.45, 7) is 17.8. The predicted octanol–water partition coefficient (Wildman–Crippen LogP) is 7.82. The van der Waals surface area contributed by atoms with Gasteiger partial charge in [0.15, 0.2) is 0 Å². The quantitative estimate of drug-likeness (QED) is 0.290. The van der Waals surface area contributed by atoms with Crippen molar-refractivity contribution in [1.82, 2.24) is 5.32 Å². The van der Waals surface area contributed by atoms with Gasteiger partial charge in [-0.05, 0) is 80.2 Å². The Morgan fingerprint density at radius 2 is 1.84 bits per heavy atom. The summed E-state index contributed by atoms with van der Waals surface area (Å²) in [6.07, 6.45) is 7.72. The number of allylic oxidation sites excluding steroid dienone is 2. The number of rotatable bonds is 11. The molecule has 1 aliphatic rings. The molecular weight excluding hydrogens is 390 g/mol. The first-order valence-electron chi connectivity index (χ1n) is 12.1. The average Bonchev–Trinajstić information content (AvgIpc) is 2.82. The molecule has 0 aromatic heterocycles. The van der Waals surface area contributed by atoms with E-state index in [0.717, 1.165) is 53.8 Å². The molecule has 0 spiro atoms. The maximum Gasteiger partial charge on any atom is 0.128 e. The van der Waals surface area contributed by atoms with Gasteiger partial charge in [-0.3, -0.25) is 0 Å². The van der Waals surface area contributed by atoms with Crippen molar-refractivity contribution in [3.05, 3.63) is 90.5 Å². The first-order chi connectivity index (χ1) is 15.5. The number of aryl methyl sites for hydroxylation is 1. The Balaban J connectivity index is 1.68. The van der Waals surface area contributed by atoms with Gasteiger partial charge in [0.05, 0.1) is 6.61 Å².